The number of hydrogen-bond acceptors (Lipinski definition) is 5. The summed E-state index contributed by atoms with van der Waals surface area (Å²) in [5, 5.41) is 9.77. The Bertz CT molecular complexity index is 868. The Morgan fingerprint density at radius 3 is 2.38 bits per heavy atom. The molecule has 2 fully saturated rings. The monoisotopic (exact) mass is 414 g/mol. The van der Waals surface area contributed by atoms with Gasteiger partial charge in [0, 0.05) is 50.3 Å². The third-order valence-electron chi connectivity index (χ3n) is 6.19. The lowest BCUT2D eigenvalue weighted by Crippen LogP contribution is -2.49. The van der Waals surface area contributed by atoms with Crippen molar-refractivity contribution in [2.45, 2.75) is 31.7 Å². The Morgan fingerprint density at radius 1 is 1.14 bits per heavy atom. The fraction of sp³-hybridized carbons (Fsp3) is 0.455. The van der Waals surface area contributed by atoms with Crippen molar-refractivity contribution in [1.29, 1.82) is 0 Å². The van der Waals surface area contributed by atoms with Crippen LogP contribution in [0.25, 0.3) is 0 Å². The lowest BCUT2D eigenvalue weighted by Gasteiger charge is -2.37. The summed E-state index contributed by atoms with van der Waals surface area (Å²) in [5.41, 5.74) is 3.82. The van der Waals surface area contributed by atoms with Gasteiger partial charge in [0.05, 0.1) is 10.9 Å². The number of benzene rings is 1. The van der Waals surface area contributed by atoms with Gasteiger partial charge in [-0.1, -0.05) is 41.9 Å². The third kappa shape index (κ3) is 3.97. The Hall–Kier alpha value is -2.15. The van der Waals surface area contributed by atoms with Gasteiger partial charge in [0.1, 0.15) is 5.82 Å². The van der Waals surface area contributed by atoms with E-state index in [1.54, 1.807) is 0 Å². The first-order chi connectivity index (χ1) is 14.0. The highest BCUT2D eigenvalue weighted by Gasteiger charge is 2.56. The van der Waals surface area contributed by atoms with Gasteiger partial charge in [0.2, 0.25) is 5.91 Å². The number of nitrogens with zero attached hydrogens (tertiary/aromatic N) is 3. The van der Waals surface area contributed by atoms with Gasteiger partial charge in [0.15, 0.2) is 0 Å². The Labute approximate surface area is 176 Å². The predicted molar refractivity (Wildman–Crippen MR) is 114 cm³/mol. The molecule has 2 N–H and O–H groups in total. The van der Waals surface area contributed by atoms with Crippen LogP contribution < -0.4 is 10.4 Å². The highest BCUT2D eigenvalue weighted by atomic mass is 35.5. The highest BCUT2D eigenvalue weighted by Crippen LogP contribution is 2.60. The van der Waals surface area contributed by atoms with Crippen molar-refractivity contribution in [3.05, 3.63) is 58.7 Å². The second-order valence-corrected chi connectivity index (χ2v) is 8.56. The van der Waals surface area contributed by atoms with Crippen LogP contribution >= 0.6 is 11.6 Å². The predicted octanol–water partition coefficient (Wildman–Crippen LogP) is 3.27. The first-order valence-corrected chi connectivity index (χ1v) is 10.5. The van der Waals surface area contributed by atoms with E-state index in [9.17, 15) is 4.79 Å². The molecule has 0 bridgehead atoms. The normalized spacial score (nSPS) is 24.6. The molecule has 29 heavy (non-hydrogen) atoms. The molecule has 1 aliphatic heterocycles. The van der Waals surface area contributed by atoms with Crippen molar-refractivity contribution in [2.75, 3.05) is 31.1 Å². The maximum Gasteiger partial charge on any atom is 0.247 e. The van der Waals surface area contributed by atoms with Gasteiger partial charge in [-0.25, -0.2) is 10.5 Å². The van der Waals surface area contributed by atoms with Gasteiger partial charge in [-0.15, -0.1) is 0 Å². The van der Waals surface area contributed by atoms with Crippen molar-refractivity contribution in [3.8, 4) is 0 Å². The van der Waals surface area contributed by atoms with E-state index in [4.69, 9.17) is 16.8 Å². The number of nitrogens with one attached hydrogen (secondary N) is 1. The number of pyridine rings is 1. The minimum atomic E-state index is -0.367. The summed E-state index contributed by atoms with van der Waals surface area (Å²) in [5.74, 6) is 0.0940. The minimum absolute atomic E-state index is 0.0154. The molecule has 1 aromatic carbocycles. The molecule has 7 heteroatoms. The molecule has 0 radical (unpaired) electrons. The molecular formula is C22H27ClN4O2. The van der Waals surface area contributed by atoms with E-state index >= 15 is 0 Å². The molecule has 1 aromatic heterocycles. The minimum Gasteiger partial charge on any atom is -0.353 e. The van der Waals surface area contributed by atoms with Crippen LogP contribution in [0, 0.1) is 5.92 Å². The summed E-state index contributed by atoms with van der Waals surface area (Å²) in [7, 11) is 0. The maximum absolute atomic E-state index is 12.2. The molecule has 1 aliphatic carbocycles. The van der Waals surface area contributed by atoms with Crippen LogP contribution in [0.3, 0.4) is 0 Å². The summed E-state index contributed by atoms with van der Waals surface area (Å²) in [6.45, 7) is 8.22. The van der Waals surface area contributed by atoms with Crippen LogP contribution in [-0.2, 0) is 4.79 Å². The molecule has 1 amide bonds. The van der Waals surface area contributed by atoms with Crippen molar-refractivity contribution in [3.63, 3.8) is 0 Å². The average Bonchev–Trinajstić information content (AvgIpc) is 3.49. The lowest BCUT2D eigenvalue weighted by atomic mass is 10.1. The molecule has 1 saturated carbocycles. The van der Waals surface area contributed by atoms with Crippen LogP contribution in [0.2, 0.25) is 5.02 Å². The average molecular weight is 415 g/mol. The zero-order chi connectivity index (χ0) is 20.5. The quantitative estimate of drug-likeness (QED) is 0.580. The molecule has 0 spiro atoms. The Kier molecular flexibility index (Phi) is 5.76. The molecule has 2 aliphatic rings. The van der Waals surface area contributed by atoms with Crippen LogP contribution in [-0.4, -0.2) is 53.2 Å². The third-order valence-corrected chi connectivity index (χ3v) is 6.47. The van der Waals surface area contributed by atoms with Crippen LogP contribution in [0.4, 0.5) is 5.82 Å². The van der Waals surface area contributed by atoms with Gasteiger partial charge in [-0.2, -0.15) is 0 Å². The first-order valence-electron chi connectivity index (χ1n) is 10.1. The van der Waals surface area contributed by atoms with Crippen molar-refractivity contribution in [1.82, 2.24) is 15.4 Å². The largest absolute Gasteiger partial charge is 0.353 e. The molecule has 0 unspecified atom stereocenters. The zero-order valence-electron chi connectivity index (χ0n) is 16.8. The number of aromatic nitrogens is 1. The smallest absolute Gasteiger partial charge is 0.247 e. The number of carbonyl (C=O) groups is 1. The summed E-state index contributed by atoms with van der Waals surface area (Å²) < 4.78 is 0. The van der Waals surface area contributed by atoms with E-state index in [2.05, 4.69) is 28.6 Å². The van der Waals surface area contributed by atoms with E-state index in [0.29, 0.717) is 11.1 Å². The topological polar surface area (TPSA) is 68.7 Å². The van der Waals surface area contributed by atoms with Crippen LogP contribution in [0.5, 0.6) is 0 Å². The molecular weight excluding hydrogens is 388 g/mol. The van der Waals surface area contributed by atoms with Crippen molar-refractivity contribution >= 4 is 23.3 Å². The standard InChI is InChI=1S/C22H27ClN4O2/c1-14(2)26-8-10-27(11-9-26)21-17(23)12-16(13-24-21)19-18(20(19)22(28)25-29)15-6-4-3-5-7-15/h3-7,12-14,18-20,29H,8-11H2,1-2H3,(H,25,28)/t18-,19-,20-/m1/s1. The molecule has 4 rings (SSSR count). The summed E-state index contributed by atoms with van der Waals surface area (Å²) in [4.78, 5) is 21.5. The SMILES string of the molecule is CC(C)N1CCN(c2ncc([C@H]3[C@H](C(=O)NO)[C@@H]3c3ccccc3)cc2Cl)CC1. The second-order valence-electron chi connectivity index (χ2n) is 8.15. The highest BCUT2D eigenvalue weighted by molar-refractivity contribution is 6.33. The first kappa shape index (κ1) is 20.1. The van der Waals surface area contributed by atoms with E-state index in [1.165, 1.54) is 0 Å². The molecule has 6 nitrogen and oxygen atoms in total. The molecule has 2 heterocycles. The number of anilines is 1. The molecule has 3 atom stereocenters. The number of halogens is 1. The number of rotatable bonds is 5. The van der Waals surface area contributed by atoms with E-state index in [1.807, 2.05) is 48.1 Å². The maximum atomic E-state index is 12.2. The fourth-order valence-corrected chi connectivity index (χ4v) is 4.82. The molecule has 1 saturated heterocycles. The number of piperazine rings is 1. The number of amides is 1. The van der Waals surface area contributed by atoms with E-state index < -0.39 is 0 Å². The lowest BCUT2D eigenvalue weighted by molar-refractivity contribution is -0.130. The number of hydroxylamine groups is 1. The Morgan fingerprint density at radius 2 is 1.79 bits per heavy atom. The van der Waals surface area contributed by atoms with E-state index in [0.717, 1.165) is 43.1 Å². The summed E-state index contributed by atoms with van der Waals surface area (Å²) >= 11 is 6.62. The van der Waals surface area contributed by atoms with E-state index in [-0.39, 0.29) is 23.7 Å². The van der Waals surface area contributed by atoms with Gasteiger partial charge in [0.25, 0.3) is 0 Å². The fourth-order valence-electron chi connectivity index (χ4n) is 4.53. The van der Waals surface area contributed by atoms with Gasteiger partial charge in [-0.05, 0) is 31.0 Å². The van der Waals surface area contributed by atoms with Crippen molar-refractivity contribution < 1.29 is 10.0 Å². The van der Waals surface area contributed by atoms with Crippen LogP contribution in [0.15, 0.2) is 42.6 Å². The van der Waals surface area contributed by atoms with Crippen LogP contribution in [0.1, 0.15) is 36.8 Å². The van der Waals surface area contributed by atoms with Gasteiger partial charge < -0.3 is 4.90 Å². The second kappa shape index (κ2) is 8.30. The number of hydrogen-bond donors (Lipinski definition) is 2. The van der Waals surface area contributed by atoms with Gasteiger partial charge >= 0.3 is 0 Å². The number of carbonyl (C=O) groups excluding carboxylic acids is 1. The molecule has 154 valence electrons. The van der Waals surface area contributed by atoms with Gasteiger partial charge in [-0.3, -0.25) is 14.9 Å². The molecule has 2 aromatic rings. The zero-order valence-corrected chi connectivity index (χ0v) is 17.5. The summed E-state index contributed by atoms with van der Waals surface area (Å²) in [6.07, 6.45) is 1.83. The summed E-state index contributed by atoms with van der Waals surface area (Å²) in [6, 6.07) is 12.4. The van der Waals surface area contributed by atoms with Crippen molar-refractivity contribution in [2.24, 2.45) is 5.92 Å². The Balaban J connectivity index is 1.53.